The van der Waals surface area contributed by atoms with Crippen LogP contribution in [0.2, 0.25) is 0 Å². The summed E-state index contributed by atoms with van der Waals surface area (Å²) in [4.78, 5) is 0. The highest BCUT2D eigenvalue weighted by atomic mass is 32.2. The van der Waals surface area contributed by atoms with Crippen molar-refractivity contribution in [3.8, 4) is 0 Å². The van der Waals surface area contributed by atoms with Crippen molar-refractivity contribution in [1.82, 2.24) is 0 Å². The van der Waals surface area contributed by atoms with Gasteiger partial charge >= 0.3 is 18.3 Å². The molecule has 98 valence electrons. The zero-order valence-electron chi connectivity index (χ0n) is 7.76. The van der Waals surface area contributed by atoms with Crippen LogP contribution in [0.1, 0.15) is 12.8 Å². The van der Waals surface area contributed by atoms with E-state index in [1.807, 2.05) is 0 Å². The van der Waals surface area contributed by atoms with Gasteiger partial charge in [0.05, 0.1) is 6.42 Å². The van der Waals surface area contributed by atoms with Crippen molar-refractivity contribution in [2.24, 2.45) is 0 Å². The van der Waals surface area contributed by atoms with Gasteiger partial charge in [0.15, 0.2) is 0 Å². The minimum atomic E-state index is -5.64. The molecule has 0 bridgehead atoms. The van der Waals surface area contributed by atoms with Crippen molar-refractivity contribution in [1.29, 1.82) is 0 Å². The maximum atomic E-state index is 12.2. The van der Waals surface area contributed by atoms with Crippen molar-refractivity contribution in [3.05, 3.63) is 0 Å². The van der Waals surface area contributed by atoms with Gasteiger partial charge in [0.25, 0.3) is 0 Å². The molecule has 0 aromatic heterocycles. The molecule has 0 fully saturated rings. The largest absolute Gasteiger partial charge is 0.453 e. The Kier molecular flexibility index (Phi) is 5.34. The maximum Gasteiger partial charge on any atom is 0.453 e. The number of alkyl halides is 8. The van der Waals surface area contributed by atoms with Crippen molar-refractivity contribution in [2.45, 2.75) is 31.1 Å². The first kappa shape index (κ1) is 15.8. The Morgan fingerprint density at radius 3 is 1.50 bits per heavy atom. The zero-order chi connectivity index (χ0) is 13.0. The Bertz CT molecular complexity index is 205. The van der Waals surface area contributed by atoms with E-state index in [9.17, 15) is 35.1 Å². The fraction of sp³-hybridized carbons (Fsp3) is 1.00. The molecule has 0 radical (unpaired) electrons. The average Bonchev–Trinajstić information content (AvgIpc) is 1.98. The third-order valence-corrected chi connectivity index (χ3v) is 2.49. The monoisotopic (exact) mass is 276 g/mol. The lowest BCUT2D eigenvalue weighted by atomic mass is 10.2. The van der Waals surface area contributed by atoms with E-state index in [0.29, 0.717) is 11.8 Å². The average molecular weight is 276 g/mol. The number of thioether (sulfide) groups is 1. The van der Waals surface area contributed by atoms with E-state index in [2.05, 4.69) is 0 Å². The molecule has 0 aromatic rings. The summed E-state index contributed by atoms with van der Waals surface area (Å²) in [5.41, 5.74) is 0. The second-order valence-electron chi connectivity index (χ2n) is 2.93. The van der Waals surface area contributed by atoms with Crippen LogP contribution in [0, 0.1) is 0 Å². The molecule has 0 amide bonds. The molecule has 0 spiro atoms. The van der Waals surface area contributed by atoms with Gasteiger partial charge in [0.1, 0.15) is 0 Å². The zero-order valence-corrected chi connectivity index (χ0v) is 8.58. The topological polar surface area (TPSA) is 0 Å². The molecule has 0 aliphatic rings. The first-order chi connectivity index (χ1) is 6.96. The fourth-order valence-corrected chi connectivity index (χ4v) is 1.61. The molecule has 0 nitrogen and oxygen atoms in total. The summed E-state index contributed by atoms with van der Waals surface area (Å²) in [5.74, 6) is -6.02. The molecule has 0 saturated heterocycles. The smallest absolute Gasteiger partial charge is 0.196 e. The van der Waals surface area contributed by atoms with E-state index in [4.69, 9.17) is 0 Å². The van der Waals surface area contributed by atoms with Crippen LogP contribution in [0.5, 0.6) is 0 Å². The van der Waals surface area contributed by atoms with Crippen LogP contribution < -0.4 is 0 Å². The van der Waals surface area contributed by atoms with Gasteiger partial charge in [0.2, 0.25) is 0 Å². The normalized spacial score (nSPS) is 14.2. The highest BCUT2D eigenvalue weighted by molar-refractivity contribution is 7.99. The van der Waals surface area contributed by atoms with Gasteiger partial charge in [-0.15, -0.1) is 0 Å². The highest BCUT2D eigenvalue weighted by Gasteiger charge is 2.56. The van der Waals surface area contributed by atoms with Crippen molar-refractivity contribution in [3.63, 3.8) is 0 Å². The van der Waals surface area contributed by atoms with E-state index in [1.165, 1.54) is 0 Å². The molecular weight excluding hydrogens is 268 g/mol. The maximum absolute atomic E-state index is 12.2. The molecule has 16 heavy (non-hydrogen) atoms. The molecule has 0 aliphatic heterocycles. The lowest BCUT2D eigenvalue weighted by Gasteiger charge is -2.19. The van der Waals surface area contributed by atoms with Gasteiger partial charge in [-0.1, -0.05) is 0 Å². The van der Waals surface area contributed by atoms with Crippen LogP contribution >= 0.6 is 11.8 Å². The van der Waals surface area contributed by atoms with Crippen LogP contribution in [0.3, 0.4) is 0 Å². The summed E-state index contributed by atoms with van der Waals surface area (Å²) in [6.07, 6.45) is -12.8. The number of halogens is 8. The molecule has 0 aliphatic carbocycles. The minimum Gasteiger partial charge on any atom is -0.196 e. The molecule has 0 unspecified atom stereocenters. The Labute approximate surface area is 90.4 Å². The summed E-state index contributed by atoms with van der Waals surface area (Å²) >= 11 is 0.423. The van der Waals surface area contributed by atoms with Gasteiger partial charge in [-0.2, -0.15) is 46.9 Å². The van der Waals surface area contributed by atoms with Gasteiger partial charge in [-0.25, -0.2) is 0 Å². The Morgan fingerprint density at radius 1 is 0.688 bits per heavy atom. The van der Waals surface area contributed by atoms with Crippen molar-refractivity contribution < 1.29 is 35.1 Å². The lowest BCUT2D eigenvalue weighted by molar-refractivity contribution is -0.282. The van der Waals surface area contributed by atoms with Crippen LogP contribution in [0.4, 0.5) is 35.1 Å². The van der Waals surface area contributed by atoms with Crippen LogP contribution in [0.25, 0.3) is 0 Å². The number of rotatable bonds is 5. The molecule has 0 rings (SSSR count). The fourth-order valence-electron chi connectivity index (χ4n) is 0.632. The SMILES string of the molecule is FC(F)(F)CCSCCC(F)(F)C(F)(F)F. The molecule has 0 saturated carbocycles. The summed E-state index contributed by atoms with van der Waals surface area (Å²) in [6, 6.07) is 0. The Balaban J connectivity index is 3.75. The third kappa shape index (κ3) is 6.39. The van der Waals surface area contributed by atoms with Crippen LogP contribution in [-0.4, -0.2) is 29.8 Å². The number of hydrogen-bond acceptors (Lipinski definition) is 1. The van der Waals surface area contributed by atoms with Gasteiger partial charge < -0.3 is 0 Å². The van der Waals surface area contributed by atoms with Crippen molar-refractivity contribution >= 4 is 11.8 Å². The molecule has 0 N–H and O–H groups in total. The lowest BCUT2D eigenvalue weighted by Crippen LogP contribution is -2.36. The molecule has 0 atom stereocenters. The summed E-state index contributed by atoms with van der Waals surface area (Å²) in [6.45, 7) is 0. The standard InChI is InChI=1S/C7H8F8S/c8-5(9,7(13,14)15)1-3-16-4-2-6(10,11)12/h1-4H2. The van der Waals surface area contributed by atoms with E-state index in [1.54, 1.807) is 0 Å². The third-order valence-electron chi connectivity index (χ3n) is 1.50. The van der Waals surface area contributed by atoms with E-state index >= 15 is 0 Å². The first-order valence-electron chi connectivity index (χ1n) is 4.05. The van der Waals surface area contributed by atoms with Gasteiger partial charge in [0, 0.05) is 12.2 Å². The van der Waals surface area contributed by atoms with Gasteiger partial charge in [-0.3, -0.25) is 0 Å². The number of hydrogen-bond donors (Lipinski definition) is 0. The minimum absolute atomic E-state index is 0.423. The van der Waals surface area contributed by atoms with E-state index in [0.717, 1.165) is 0 Å². The first-order valence-corrected chi connectivity index (χ1v) is 5.20. The summed E-state index contributed by atoms with van der Waals surface area (Å²) in [5, 5.41) is 0. The highest BCUT2D eigenvalue weighted by Crippen LogP contribution is 2.38. The molecule has 9 heteroatoms. The Hall–Kier alpha value is -0.210. The predicted molar refractivity (Wildman–Crippen MR) is 43.6 cm³/mol. The predicted octanol–water partition coefficient (Wildman–Crippen LogP) is 4.26. The quantitative estimate of drug-likeness (QED) is 0.534. The van der Waals surface area contributed by atoms with Crippen molar-refractivity contribution in [2.75, 3.05) is 11.5 Å². The Morgan fingerprint density at radius 2 is 1.12 bits per heavy atom. The second-order valence-corrected chi connectivity index (χ2v) is 4.15. The second kappa shape index (κ2) is 5.42. The van der Waals surface area contributed by atoms with Crippen LogP contribution in [0.15, 0.2) is 0 Å². The van der Waals surface area contributed by atoms with E-state index < -0.39 is 42.6 Å². The molecule has 0 aromatic carbocycles. The van der Waals surface area contributed by atoms with Gasteiger partial charge in [-0.05, 0) is 5.75 Å². The van der Waals surface area contributed by atoms with Crippen LogP contribution in [-0.2, 0) is 0 Å². The molecule has 0 heterocycles. The summed E-state index contributed by atoms with van der Waals surface area (Å²) < 4.78 is 93.9. The molecular formula is C7H8F8S. The summed E-state index contributed by atoms with van der Waals surface area (Å²) in [7, 11) is 0. The van der Waals surface area contributed by atoms with E-state index in [-0.39, 0.29) is 0 Å².